The average molecular weight is 352 g/mol. The van der Waals surface area contributed by atoms with Gasteiger partial charge in [-0.1, -0.05) is 18.2 Å². The van der Waals surface area contributed by atoms with Crippen molar-refractivity contribution in [3.05, 3.63) is 63.9 Å². The summed E-state index contributed by atoms with van der Waals surface area (Å²) in [5.41, 5.74) is 2.34. The number of rotatable bonds is 6. The van der Waals surface area contributed by atoms with Gasteiger partial charge in [0.15, 0.2) is 0 Å². The standard InChI is InChI=1S/C17H19BrFNO/c1-20-17(13-6-9-16(19)15(18)11-13)10-5-12-3-7-14(21-2)8-4-12/h3-4,6-9,11,17,20H,5,10H2,1-2H3. The number of benzene rings is 2. The highest BCUT2D eigenvalue weighted by atomic mass is 79.9. The SMILES string of the molecule is CNC(CCc1ccc(OC)cc1)c1ccc(F)c(Br)c1. The highest BCUT2D eigenvalue weighted by Gasteiger charge is 2.11. The van der Waals surface area contributed by atoms with Crippen LogP contribution in [0, 0.1) is 5.82 Å². The molecular weight excluding hydrogens is 333 g/mol. The minimum Gasteiger partial charge on any atom is -0.497 e. The van der Waals surface area contributed by atoms with E-state index >= 15 is 0 Å². The van der Waals surface area contributed by atoms with Gasteiger partial charge in [0.05, 0.1) is 11.6 Å². The first-order valence-electron chi connectivity index (χ1n) is 6.89. The first kappa shape index (κ1) is 16.0. The summed E-state index contributed by atoms with van der Waals surface area (Å²) in [4.78, 5) is 0. The second kappa shape index (κ2) is 7.57. The molecule has 2 aromatic carbocycles. The first-order valence-corrected chi connectivity index (χ1v) is 7.68. The van der Waals surface area contributed by atoms with Crippen LogP contribution >= 0.6 is 15.9 Å². The first-order chi connectivity index (χ1) is 10.1. The van der Waals surface area contributed by atoms with Crippen LogP contribution in [-0.2, 0) is 6.42 Å². The minimum atomic E-state index is -0.233. The Balaban J connectivity index is 2.02. The topological polar surface area (TPSA) is 21.3 Å². The van der Waals surface area contributed by atoms with Gasteiger partial charge in [0.25, 0.3) is 0 Å². The molecule has 0 aliphatic carbocycles. The zero-order chi connectivity index (χ0) is 15.2. The second-order valence-corrected chi connectivity index (χ2v) is 5.76. The van der Waals surface area contributed by atoms with Crippen molar-refractivity contribution in [3.63, 3.8) is 0 Å². The summed E-state index contributed by atoms with van der Waals surface area (Å²) in [6, 6.07) is 13.5. The van der Waals surface area contributed by atoms with E-state index in [2.05, 4.69) is 33.4 Å². The summed E-state index contributed by atoms with van der Waals surface area (Å²) >= 11 is 3.24. The van der Waals surface area contributed by atoms with E-state index in [1.54, 1.807) is 7.11 Å². The van der Waals surface area contributed by atoms with Gasteiger partial charge < -0.3 is 10.1 Å². The quantitative estimate of drug-likeness (QED) is 0.827. The number of methoxy groups -OCH3 is 1. The molecule has 1 unspecified atom stereocenters. The third-order valence-corrected chi connectivity index (χ3v) is 4.18. The molecule has 0 amide bonds. The highest BCUT2D eigenvalue weighted by molar-refractivity contribution is 9.10. The van der Waals surface area contributed by atoms with Gasteiger partial charge in [0.2, 0.25) is 0 Å². The summed E-state index contributed by atoms with van der Waals surface area (Å²) in [6.07, 6.45) is 1.89. The number of halogens is 2. The van der Waals surface area contributed by atoms with E-state index in [9.17, 15) is 4.39 Å². The Bertz CT molecular complexity index is 586. The second-order valence-electron chi connectivity index (χ2n) is 4.90. The summed E-state index contributed by atoms with van der Waals surface area (Å²) in [5.74, 6) is 0.634. The monoisotopic (exact) mass is 351 g/mol. The zero-order valence-corrected chi connectivity index (χ0v) is 13.8. The predicted molar refractivity (Wildman–Crippen MR) is 87.2 cm³/mol. The van der Waals surface area contributed by atoms with E-state index < -0.39 is 0 Å². The van der Waals surface area contributed by atoms with E-state index in [-0.39, 0.29) is 11.9 Å². The number of ether oxygens (including phenoxy) is 1. The Hall–Kier alpha value is -1.39. The van der Waals surface area contributed by atoms with Crippen LogP contribution in [0.3, 0.4) is 0 Å². The van der Waals surface area contributed by atoms with Crippen LogP contribution in [0.15, 0.2) is 46.9 Å². The van der Waals surface area contributed by atoms with Crippen molar-refractivity contribution in [3.8, 4) is 5.75 Å². The Morgan fingerprint density at radius 1 is 1.19 bits per heavy atom. The molecule has 0 fully saturated rings. The molecular formula is C17H19BrFNO. The molecule has 0 spiro atoms. The van der Waals surface area contributed by atoms with Gasteiger partial charge in [-0.2, -0.15) is 0 Å². The van der Waals surface area contributed by atoms with E-state index in [1.807, 2.05) is 31.3 Å². The van der Waals surface area contributed by atoms with E-state index in [0.717, 1.165) is 24.2 Å². The van der Waals surface area contributed by atoms with Gasteiger partial charge in [-0.3, -0.25) is 0 Å². The fourth-order valence-electron chi connectivity index (χ4n) is 2.31. The van der Waals surface area contributed by atoms with Gasteiger partial charge in [0, 0.05) is 6.04 Å². The molecule has 0 aliphatic rings. The zero-order valence-electron chi connectivity index (χ0n) is 12.2. The van der Waals surface area contributed by atoms with Crippen LogP contribution in [0.25, 0.3) is 0 Å². The van der Waals surface area contributed by atoms with E-state index in [1.165, 1.54) is 11.6 Å². The van der Waals surface area contributed by atoms with Crippen LogP contribution in [0.2, 0.25) is 0 Å². The van der Waals surface area contributed by atoms with Crippen LogP contribution in [0.1, 0.15) is 23.6 Å². The maximum absolute atomic E-state index is 13.3. The third kappa shape index (κ3) is 4.29. The third-order valence-electron chi connectivity index (χ3n) is 3.58. The lowest BCUT2D eigenvalue weighted by atomic mass is 9.99. The van der Waals surface area contributed by atoms with Gasteiger partial charge in [0.1, 0.15) is 11.6 Å². The molecule has 2 nitrogen and oxygen atoms in total. The van der Waals surface area contributed by atoms with E-state index in [0.29, 0.717) is 4.47 Å². The van der Waals surface area contributed by atoms with Crippen LogP contribution in [-0.4, -0.2) is 14.2 Å². The van der Waals surface area contributed by atoms with Crippen molar-refractivity contribution in [2.24, 2.45) is 0 Å². The average Bonchev–Trinajstić information content (AvgIpc) is 2.52. The van der Waals surface area contributed by atoms with Crippen molar-refractivity contribution < 1.29 is 9.13 Å². The van der Waals surface area contributed by atoms with Gasteiger partial charge in [-0.05, 0) is 71.2 Å². The molecule has 0 saturated heterocycles. The molecule has 0 radical (unpaired) electrons. The molecule has 2 rings (SSSR count). The Labute approximate surface area is 133 Å². The van der Waals surface area contributed by atoms with Crippen LogP contribution in [0.5, 0.6) is 5.75 Å². The normalized spacial score (nSPS) is 12.2. The van der Waals surface area contributed by atoms with Crippen LogP contribution < -0.4 is 10.1 Å². The van der Waals surface area contributed by atoms with Crippen molar-refractivity contribution >= 4 is 15.9 Å². The number of hydrogen-bond donors (Lipinski definition) is 1. The fourth-order valence-corrected chi connectivity index (χ4v) is 2.71. The van der Waals surface area contributed by atoms with Crippen molar-refractivity contribution in [1.82, 2.24) is 5.32 Å². The summed E-state index contributed by atoms with van der Waals surface area (Å²) in [7, 11) is 3.59. The van der Waals surface area contributed by atoms with Gasteiger partial charge in [-0.15, -0.1) is 0 Å². The summed E-state index contributed by atoms with van der Waals surface area (Å²) in [5, 5.41) is 3.29. The van der Waals surface area contributed by atoms with E-state index in [4.69, 9.17) is 4.74 Å². The molecule has 2 aromatic rings. The molecule has 1 atom stereocenters. The molecule has 4 heteroatoms. The van der Waals surface area contributed by atoms with Crippen molar-refractivity contribution in [1.29, 1.82) is 0 Å². The fraction of sp³-hybridized carbons (Fsp3) is 0.294. The predicted octanol–water partition coefficient (Wildman–Crippen LogP) is 4.49. The number of aryl methyl sites for hydroxylation is 1. The summed E-state index contributed by atoms with van der Waals surface area (Å²) in [6.45, 7) is 0. The molecule has 21 heavy (non-hydrogen) atoms. The summed E-state index contributed by atoms with van der Waals surface area (Å²) < 4.78 is 19.0. The maximum Gasteiger partial charge on any atom is 0.137 e. The Morgan fingerprint density at radius 3 is 2.48 bits per heavy atom. The molecule has 0 aromatic heterocycles. The molecule has 1 N–H and O–H groups in total. The van der Waals surface area contributed by atoms with Crippen molar-refractivity contribution in [2.45, 2.75) is 18.9 Å². The molecule has 112 valence electrons. The maximum atomic E-state index is 13.3. The molecule has 0 bridgehead atoms. The van der Waals surface area contributed by atoms with Gasteiger partial charge in [-0.25, -0.2) is 4.39 Å². The minimum absolute atomic E-state index is 0.198. The lowest BCUT2D eigenvalue weighted by Gasteiger charge is -2.17. The molecule has 0 aliphatic heterocycles. The smallest absolute Gasteiger partial charge is 0.137 e. The lowest BCUT2D eigenvalue weighted by molar-refractivity contribution is 0.414. The largest absolute Gasteiger partial charge is 0.497 e. The number of hydrogen-bond acceptors (Lipinski definition) is 2. The lowest BCUT2D eigenvalue weighted by Crippen LogP contribution is -2.17. The molecule has 0 heterocycles. The number of nitrogens with one attached hydrogen (secondary N) is 1. The Kier molecular flexibility index (Phi) is 5.76. The molecule has 0 saturated carbocycles. The van der Waals surface area contributed by atoms with Crippen LogP contribution in [0.4, 0.5) is 4.39 Å². The highest BCUT2D eigenvalue weighted by Crippen LogP contribution is 2.24. The van der Waals surface area contributed by atoms with Gasteiger partial charge >= 0.3 is 0 Å². The van der Waals surface area contributed by atoms with Crippen molar-refractivity contribution in [2.75, 3.05) is 14.2 Å². The Morgan fingerprint density at radius 2 is 1.90 bits per heavy atom.